The van der Waals surface area contributed by atoms with E-state index >= 15 is 0 Å². The van der Waals surface area contributed by atoms with E-state index in [4.69, 9.17) is 16.3 Å². The van der Waals surface area contributed by atoms with Gasteiger partial charge in [-0.25, -0.2) is 0 Å². The van der Waals surface area contributed by atoms with Crippen LogP contribution in [-0.2, 0) is 9.59 Å². The summed E-state index contributed by atoms with van der Waals surface area (Å²) in [7, 11) is 0. The Kier molecular flexibility index (Phi) is 6.35. The molecular formula is C21H23ClN2O3. The third-order valence-corrected chi connectivity index (χ3v) is 4.77. The van der Waals surface area contributed by atoms with Gasteiger partial charge in [0.2, 0.25) is 11.8 Å². The first kappa shape index (κ1) is 19.2. The molecule has 142 valence electrons. The quantitative estimate of drug-likeness (QED) is 0.712. The van der Waals surface area contributed by atoms with Crippen molar-refractivity contribution in [3.8, 4) is 5.75 Å². The van der Waals surface area contributed by atoms with Crippen molar-refractivity contribution in [3.05, 3.63) is 53.6 Å². The standard InChI is InChI=1S/C21H23ClN2O3/c1-2-3-12-27-19-10-6-17(7-11-19)23-21(26)15-13-20(25)24(14-15)18-8-4-16(22)5-9-18/h4-11,15H,2-3,12-14H2,1H3,(H,23,26). The SMILES string of the molecule is CCCCOc1ccc(NC(=O)C2CC(=O)N(c3ccc(Cl)cc3)C2)cc1. The molecule has 1 aliphatic rings. The van der Waals surface area contributed by atoms with Crippen molar-refractivity contribution in [3.63, 3.8) is 0 Å². The number of ether oxygens (including phenoxy) is 1. The number of unbranched alkanes of at least 4 members (excludes halogenated alkanes) is 1. The first-order chi connectivity index (χ1) is 13.1. The maximum Gasteiger partial charge on any atom is 0.229 e. The number of carbonyl (C=O) groups is 2. The number of halogens is 1. The fourth-order valence-electron chi connectivity index (χ4n) is 2.97. The highest BCUT2D eigenvalue weighted by atomic mass is 35.5. The predicted molar refractivity (Wildman–Crippen MR) is 107 cm³/mol. The summed E-state index contributed by atoms with van der Waals surface area (Å²) in [6, 6.07) is 14.4. The molecule has 1 atom stereocenters. The van der Waals surface area contributed by atoms with E-state index in [0.717, 1.165) is 24.3 Å². The van der Waals surface area contributed by atoms with E-state index in [0.29, 0.717) is 23.9 Å². The Bertz CT molecular complexity index is 790. The van der Waals surface area contributed by atoms with Gasteiger partial charge in [-0.15, -0.1) is 0 Å². The van der Waals surface area contributed by atoms with Crippen LogP contribution < -0.4 is 15.0 Å². The van der Waals surface area contributed by atoms with Gasteiger partial charge in [-0.3, -0.25) is 9.59 Å². The fraction of sp³-hybridized carbons (Fsp3) is 0.333. The molecule has 5 nitrogen and oxygen atoms in total. The van der Waals surface area contributed by atoms with Crippen molar-refractivity contribution in [2.24, 2.45) is 5.92 Å². The minimum atomic E-state index is -0.381. The zero-order valence-corrected chi connectivity index (χ0v) is 16.0. The average molecular weight is 387 g/mol. The summed E-state index contributed by atoms with van der Waals surface area (Å²) in [5.41, 5.74) is 1.45. The summed E-state index contributed by atoms with van der Waals surface area (Å²) in [6.07, 6.45) is 2.30. The van der Waals surface area contributed by atoms with Gasteiger partial charge in [-0.1, -0.05) is 24.9 Å². The Labute approximate surface area is 164 Å². The molecule has 1 aliphatic heterocycles. The molecule has 1 N–H and O–H groups in total. The number of anilines is 2. The first-order valence-electron chi connectivity index (χ1n) is 9.16. The van der Waals surface area contributed by atoms with E-state index in [1.165, 1.54) is 0 Å². The Hall–Kier alpha value is -2.53. The molecular weight excluding hydrogens is 364 g/mol. The van der Waals surface area contributed by atoms with Gasteiger partial charge in [0.05, 0.1) is 12.5 Å². The molecule has 2 aromatic carbocycles. The van der Waals surface area contributed by atoms with Crippen LogP contribution in [0.1, 0.15) is 26.2 Å². The average Bonchev–Trinajstić information content (AvgIpc) is 3.06. The van der Waals surface area contributed by atoms with Gasteiger partial charge in [-0.2, -0.15) is 0 Å². The largest absolute Gasteiger partial charge is 0.494 e. The highest BCUT2D eigenvalue weighted by Crippen LogP contribution is 2.27. The van der Waals surface area contributed by atoms with Gasteiger partial charge in [0, 0.05) is 29.4 Å². The van der Waals surface area contributed by atoms with Gasteiger partial charge in [0.15, 0.2) is 0 Å². The van der Waals surface area contributed by atoms with E-state index in [2.05, 4.69) is 12.2 Å². The number of nitrogens with one attached hydrogen (secondary N) is 1. The fourth-order valence-corrected chi connectivity index (χ4v) is 3.09. The van der Waals surface area contributed by atoms with Gasteiger partial charge < -0.3 is 15.0 Å². The van der Waals surface area contributed by atoms with Crippen LogP contribution in [0.25, 0.3) is 0 Å². The minimum absolute atomic E-state index is 0.0582. The van der Waals surface area contributed by atoms with E-state index in [1.54, 1.807) is 29.2 Å². The molecule has 0 spiro atoms. The van der Waals surface area contributed by atoms with Crippen molar-refractivity contribution >= 4 is 34.8 Å². The van der Waals surface area contributed by atoms with E-state index in [-0.39, 0.29) is 24.2 Å². The summed E-state index contributed by atoms with van der Waals surface area (Å²) in [6.45, 7) is 3.17. The van der Waals surface area contributed by atoms with Crippen LogP contribution in [0.4, 0.5) is 11.4 Å². The Morgan fingerprint density at radius 3 is 2.56 bits per heavy atom. The van der Waals surface area contributed by atoms with Crippen LogP contribution in [0.5, 0.6) is 5.75 Å². The molecule has 27 heavy (non-hydrogen) atoms. The number of rotatable bonds is 7. The molecule has 0 bridgehead atoms. The molecule has 0 aromatic heterocycles. The number of hydrogen-bond acceptors (Lipinski definition) is 3. The molecule has 1 fully saturated rings. The second kappa shape index (κ2) is 8.91. The van der Waals surface area contributed by atoms with Crippen molar-refractivity contribution < 1.29 is 14.3 Å². The van der Waals surface area contributed by atoms with E-state index in [9.17, 15) is 9.59 Å². The maximum atomic E-state index is 12.5. The number of hydrogen-bond donors (Lipinski definition) is 1. The summed E-state index contributed by atoms with van der Waals surface area (Å²) >= 11 is 5.89. The van der Waals surface area contributed by atoms with Gasteiger partial charge >= 0.3 is 0 Å². The lowest BCUT2D eigenvalue weighted by Crippen LogP contribution is -2.28. The normalized spacial score (nSPS) is 16.4. The van der Waals surface area contributed by atoms with Crippen LogP contribution in [0.2, 0.25) is 5.02 Å². The third-order valence-electron chi connectivity index (χ3n) is 4.52. The van der Waals surface area contributed by atoms with Gasteiger partial charge in [0.1, 0.15) is 5.75 Å². The predicted octanol–water partition coefficient (Wildman–Crippen LogP) is 4.51. The van der Waals surface area contributed by atoms with E-state index in [1.807, 2.05) is 24.3 Å². The Morgan fingerprint density at radius 2 is 1.89 bits per heavy atom. The van der Waals surface area contributed by atoms with Crippen LogP contribution >= 0.6 is 11.6 Å². The lowest BCUT2D eigenvalue weighted by Gasteiger charge is -2.17. The molecule has 1 saturated heterocycles. The number of benzene rings is 2. The molecule has 6 heteroatoms. The second-order valence-corrected chi connectivity index (χ2v) is 7.03. The minimum Gasteiger partial charge on any atom is -0.494 e. The number of nitrogens with zero attached hydrogens (tertiary/aromatic N) is 1. The molecule has 2 aromatic rings. The molecule has 1 unspecified atom stereocenters. The topological polar surface area (TPSA) is 58.6 Å². The van der Waals surface area contributed by atoms with Gasteiger partial charge in [-0.05, 0) is 55.0 Å². The summed E-state index contributed by atoms with van der Waals surface area (Å²) in [5, 5.41) is 3.50. The number of amides is 2. The lowest BCUT2D eigenvalue weighted by atomic mass is 10.1. The monoisotopic (exact) mass is 386 g/mol. The maximum absolute atomic E-state index is 12.5. The second-order valence-electron chi connectivity index (χ2n) is 6.60. The zero-order chi connectivity index (χ0) is 19.2. The molecule has 1 heterocycles. The Morgan fingerprint density at radius 1 is 1.19 bits per heavy atom. The summed E-state index contributed by atoms with van der Waals surface area (Å²) in [4.78, 5) is 26.5. The molecule has 0 saturated carbocycles. The molecule has 2 amide bonds. The molecule has 0 aliphatic carbocycles. The molecule has 0 radical (unpaired) electrons. The highest BCUT2D eigenvalue weighted by Gasteiger charge is 2.35. The number of carbonyl (C=O) groups excluding carboxylic acids is 2. The van der Waals surface area contributed by atoms with Crippen molar-refractivity contribution in [1.29, 1.82) is 0 Å². The summed E-state index contributed by atoms with van der Waals surface area (Å²) in [5.74, 6) is 0.191. The third kappa shape index (κ3) is 5.01. The van der Waals surface area contributed by atoms with Crippen molar-refractivity contribution in [2.75, 3.05) is 23.4 Å². The van der Waals surface area contributed by atoms with Crippen LogP contribution in [-0.4, -0.2) is 25.0 Å². The molecule has 3 rings (SSSR count). The van der Waals surface area contributed by atoms with Crippen molar-refractivity contribution in [1.82, 2.24) is 0 Å². The zero-order valence-electron chi connectivity index (χ0n) is 15.3. The van der Waals surface area contributed by atoms with Crippen LogP contribution in [0, 0.1) is 5.92 Å². The smallest absolute Gasteiger partial charge is 0.229 e. The van der Waals surface area contributed by atoms with Crippen LogP contribution in [0.3, 0.4) is 0 Å². The van der Waals surface area contributed by atoms with Crippen LogP contribution in [0.15, 0.2) is 48.5 Å². The lowest BCUT2D eigenvalue weighted by molar-refractivity contribution is -0.122. The first-order valence-corrected chi connectivity index (χ1v) is 9.54. The van der Waals surface area contributed by atoms with E-state index < -0.39 is 0 Å². The summed E-state index contributed by atoms with van der Waals surface area (Å²) < 4.78 is 5.62. The van der Waals surface area contributed by atoms with Crippen molar-refractivity contribution in [2.45, 2.75) is 26.2 Å². The highest BCUT2D eigenvalue weighted by molar-refractivity contribution is 6.30. The Balaban J connectivity index is 1.57. The van der Waals surface area contributed by atoms with Gasteiger partial charge in [0.25, 0.3) is 0 Å².